The van der Waals surface area contributed by atoms with Crippen molar-refractivity contribution in [2.45, 2.75) is 64.9 Å². The standard InChI is InChI=1S/C22H27NO11/c1-12(24)29-11-17-19(31-13(2)25)20(32-14(3)26)18(21(34-17)33-15(4)27)23-22(28)30-10-16-8-6-5-7-9-16/h5-9,17-21H,10-11H2,1-4H3,(H,23,28)/t17-,18-,19-,20-,21-/m0/s1. The van der Waals surface area contributed by atoms with Gasteiger partial charge >= 0.3 is 30.0 Å². The minimum Gasteiger partial charge on any atom is -0.463 e. The maximum atomic E-state index is 12.5. The van der Waals surface area contributed by atoms with Gasteiger partial charge in [-0.2, -0.15) is 0 Å². The second kappa shape index (κ2) is 12.5. The number of esters is 4. The summed E-state index contributed by atoms with van der Waals surface area (Å²) >= 11 is 0. The summed E-state index contributed by atoms with van der Waals surface area (Å²) in [5.74, 6) is -2.95. The van der Waals surface area contributed by atoms with Crippen LogP contribution in [-0.2, 0) is 54.2 Å². The molecule has 1 aliphatic rings. The lowest BCUT2D eigenvalue weighted by Gasteiger charge is -2.44. The quantitative estimate of drug-likeness (QED) is 0.418. The van der Waals surface area contributed by atoms with E-state index in [1.807, 2.05) is 0 Å². The second-order valence-electron chi connectivity index (χ2n) is 7.33. The van der Waals surface area contributed by atoms with Gasteiger partial charge in [-0.1, -0.05) is 30.3 Å². The zero-order valence-electron chi connectivity index (χ0n) is 19.2. The molecule has 0 aromatic heterocycles. The van der Waals surface area contributed by atoms with Crippen LogP contribution in [0, 0.1) is 0 Å². The lowest BCUT2D eigenvalue weighted by molar-refractivity contribution is -0.270. The Morgan fingerprint density at radius 2 is 1.38 bits per heavy atom. The number of carbonyl (C=O) groups excluding carboxylic acids is 5. The van der Waals surface area contributed by atoms with Gasteiger partial charge in [-0.25, -0.2) is 4.79 Å². The van der Waals surface area contributed by atoms with Gasteiger partial charge in [-0.15, -0.1) is 0 Å². The van der Waals surface area contributed by atoms with Gasteiger partial charge in [0.1, 0.15) is 25.4 Å². The molecule has 12 nitrogen and oxygen atoms in total. The molecule has 0 radical (unpaired) electrons. The van der Waals surface area contributed by atoms with E-state index in [0.29, 0.717) is 5.56 Å². The molecule has 0 unspecified atom stereocenters. The minimum absolute atomic E-state index is 0.0703. The fourth-order valence-corrected chi connectivity index (χ4v) is 3.22. The summed E-state index contributed by atoms with van der Waals surface area (Å²) in [4.78, 5) is 59.1. The molecule has 1 fully saturated rings. The number of benzene rings is 1. The van der Waals surface area contributed by atoms with Gasteiger partial charge in [0.05, 0.1) is 0 Å². The normalized spacial score (nSPS) is 23.7. The van der Waals surface area contributed by atoms with Crippen LogP contribution >= 0.6 is 0 Å². The van der Waals surface area contributed by atoms with E-state index in [2.05, 4.69) is 5.32 Å². The first-order chi connectivity index (χ1) is 16.1. The lowest BCUT2D eigenvalue weighted by Crippen LogP contribution is -2.67. The van der Waals surface area contributed by atoms with Gasteiger partial charge in [0.2, 0.25) is 6.29 Å². The van der Waals surface area contributed by atoms with Gasteiger partial charge in [0.25, 0.3) is 0 Å². The maximum absolute atomic E-state index is 12.5. The van der Waals surface area contributed by atoms with Crippen LogP contribution in [0.1, 0.15) is 33.3 Å². The summed E-state index contributed by atoms with van der Waals surface area (Å²) in [6.07, 6.45) is -6.29. The molecule has 1 aliphatic heterocycles. The van der Waals surface area contributed by atoms with Crippen molar-refractivity contribution in [1.29, 1.82) is 0 Å². The van der Waals surface area contributed by atoms with Crippen LogP contribution < -0.4 is 5.32 Å². The molecule has 0 bridgehead atoms. The van der Waals surface area contributed by atoms with Gasteiger partial charge < -0.3 is 33.7 Å². The van der Waals surface area contributed by atoms with Crippen LogP contribution in [-0.4, -0.2) is 67.2 Å². The summed E-state index contributed by atoms with van der Waals surface area (Å²) < 4.78 is 31.6. The summed E-state index contributed by atoms with van der Waals surface area (Å²) in [5, 5.41) is 2.45. The van der Waals surface area contributed by atoms with Crippen molar-refractivity contribution in [3.63, 3.8) is 0 Å². The molecule has 1 aromatic rings. The highest BCUT2D eigenvalue weighted by Gasteiger charge is 2.52. The Morgan fingerprint density at radius 3 is 1.94 bits per heavy atom. The van der Waals surface area contributed by atoms with E-state index in [-0.39, 0.29) is 6.61 Å². The number of ether oxygens (including phenoxy) is 6. The van der Waals surface area contributed by atoms with Crippen molar-refractivity contribution in [3.05, 3.63) is 35.9 Å². The van der Waals surface area contributed by atoms with Crippen molar-refractivity contribution in [1.82, 2.24) is 5.32 Å². The van der Waals surface area contributed by atoms with Crippen LogP contribution in [0.4, 0.5) is 4.79 Å². The van der Waals surface area contributed by atoms with Gasteiger partial charge in [-0.05, 0) is 5.56 Å². The molecule has 1 saturated heterocycles. The van der Waals surface area contributed by atoms with E-state index in [1.165, 1.54) is 0 Å². The lowest BCUT2D eigenvalue weighted by atomic mass is 9.96. The third-order valence-corrected chi connectivity index (χ3v) is 4.48. The van der Waals surface area contributed by atoms with E-state index in [9.17, 15) is 24.0 Å². The van der Waals surface area contributed by atoms with Gasteiger partial charge in [-0.3, -0.25) is 19.2 Å². The van der Waals surface area contributed by atoms with Crippen LogP contribution in [0.2, 0.25) is 0 Å². The van der Waals surface area contributed by atoms with E-state index >= 15 is 0 Å². The molecule has 0 saturated carbocycles. The molecule has 2 rings (SSSR count). The Bertz CT molecular complexity index is 888. The molecule has 1 N–H and O–H groups in total. The summed E-state index contributed by atoms with van der Waals surface area (Å²) in [6.45, 7) is 4.00. The summed E-state index contributed by atoms with van der Waals surface area (Å²) in [6, 6.07) is 7.51. The van der Waals surface area contributed by atoms with Crippen molar-refractivity contribution in [3.8, 4) is 0 Å². The summed E-state index contributed by atoms with van der Waals surface area (Å²) in [7, 11) is 0. The smallest absolute Gasteiger partial charge is 0.408 e. The summed E-state index contributed by atoms with van der Waals surface area (Å²) in [5.41, 5.74) is 0.713. The Kier molecular flexibility index (Phi) is 9.80. The van der Waals surface area contributed by atoms with E-state index < -0.39 is 67.2 Å². The average Bonchev–Trinajstić information content (AvgIpc) is 2.74. The number of hydrogen-bond donors (Lipinski definition) is 1. The molecule has 1 aromatic carbocycles. The molecule has 12 heteroatoms. The molecular weight excluding hydrogens is 454 g/mol. The molecule has 186 valence electrons. The SMILES string of the molecule is CC(=O)OC[C@@H]1O[C@H](OC(C)=O)[C@@H](NC(=O)OCc2ccccc2)[C@H](OC(C)=O)[C@H]1OC(C)=O. The largest absolute Gasteiger partial charge is 0.463 e. The molecule has 0 spiro atoms. The zero-order chi connectivity index (χ0) is 25.3. The number of alkyl carbamates (subject to hydrolysis) is 1. The zero-order valence-corrected chi connectivity index (χ0v) is 19.2. The first-order valence-corrected chi connectivity index (χ1v) is 10.3. The molecule has 1 amide bonds. The Labute approximate surface area is 195 Å². The number of rotatable bonds is 8. The predicted molar refractivity (Wildman–Crippen MR) is 112 cm³/mol. The first-order valence-electron chi connectivity index (χ1n) is 10.3. The highest BCUT2D eigenvalue weighted by Crippen LogP contribution is 2.28. The number of nitrogens with one attached hydrogen (secondary N) is 1. The van der Waals surface area contributed by atoms with Gasteiger partial charge in [0, 0.05) is 27.7 Å². The molecule has 5 atom stereocenters. The highest BCUT2D eigenvalue weighted by atomic mass is 16.7. The highest BCUT2D eigenvalue weighted by molar-refractivity contribution is 5.70. The van der Waals surface area contributed by atoms with Gasteiger partial charge in [0.15, 0.2) is 12.2 Å². The van der Waals surface area contributed by atoms with E-state index in [4.69, 9.17) is 28.4 Å². The van der Waals surface area contributed by atoms with Crippen LogP contribution in [0.5, 0.6) is 0 Å². The van der Waals surface area contributed by atoms with Crippen LogP contribution in [0.25, 0.3) is 0 Å². The van der Waals surface area contributed by atoms with Crippen molar-refractivity contribution >= 4 is 30.0 Å². The fraction of sp³-hybridized carbons (Fsp3) is 0.500. The molecule has 0 aliphatic carbocycles. The second-order valence-corrected chi connectivity index (χ2v) is 7.33. The first kappa shape index (κ1) is 26.6. The Morgan fingerprint density at radius 1 is 0.794 bits per heavy atom. The Balaban J connectivity index is 2.30. The van der Waals surface area contributed by atoms with Crippen molar-refractivity contribution in [2.24, 2.45) is 0 Å². The Hall–Kier alpha value is -3.67. The number of hydrogen-bond acceptors (Lipinski definition) is 11. The van der Waals surface area contributed by atoms with Crippen molar-refractivity contribution in [2.75, 3.05) is 6.61 Å². The van der Waals surface area contributed by atoms with Crippen LogP contribution in [0.3, 0.4) is 0 Å². The number of carbonyl (C=O) groups is 5. The third kappa shape index (κ3) is 8.35. The molecule has 34 heavy (non-hydrogen) atoms. The fourth-order valence-electron chi connectivity index (χ4n) is 3.22. The monoisotopic (exact) mass is 481 g/mol. The van der Waals surface area contributed by atoms with Crippen molar-refractivity contribution < 1.29 is 52.4 Å². The molecule has 1 heterocycles. The average molecular weight is 481 g/mol. The molecular formula is C22H27NO11. The van der Waals surface area contributed by atoms with E-state index in [1.54, 1.807) is 30.3 Å². The maximum Gasteiger partial charge on any atom is 0.408 e. The third-order valence-electron chi connectivity index (χ3n) is 4.48. The minimum atomic E-state index is -1.49. The predicted octanol–water partition coefficient (Wildman–Crippen LogP) is 0.996. The van der Waals surface area contributed by atoms with Crippen LogP contribution in [0.15, 0.2) is 30.3 Å². The van der Waals surface area contributed by atoms with E-state index in [0.717, 1.165) is 27.7 Å². The topological polar surface area (TPSA) is 153 Å². The number of amides is 1.